The first kappa shape index (κ1) is 13.3. The monoisotopic (exact) mass is 316 g/mol. The summed E-state index contributed by atoms with van der Waals surface area (Å²) in [6, 6.07) is 6.33. The number of likely N-dealkylation sites (tertiary alicyclic amines) is 1. The van der Waals surface area contributed by atoms with Crippen LogP contribution in [0.2, 0.25) is 5.02 Å². The number of nitrogens with two attached hydrogens (primary N) is 1. The average Bonchev–Trinajstić information content (AvgIpc) is 2.34. The minimum Gasteiger partial charge on any atom is -0.329 e. The Hall–Kier alpha value is -0.0900. The Morgan fingerprint density at radius 3 is 2.59 bits per heavy atom. The molecule has 1 saturated heterocycles. The van der Waals surface area contributed by atoms with Gasteiger partial charge in [-0.3, -0.25) is 4.90 Å². The minimum atomic E-state index is 0.260. The van der Waals surface area contributed by atoms with Crippen molar-refractivity contribution in [3.63, 3.8) is 0 Å². The summed E-state index contributed by atoms with van der Waals surface area (Å²) in [6.07, 6.45) is 3.87. The lowest BCUT2D eigenvalue weighted by atomic mass is 10.0. The van der Waals surface area contributed by atoms with Gasteiger partial charge in [0, 0.05) is 22.1 Å². The zero-order valence-corrected chi connectivity index (χ0v) is 12.2. The molecule has 1 fully saturated rings. The molecule has 94 valence electrons. The quantitative estimate of drug-likeness (QED) is 0.923. The van der Waals surface area contributed by atoms with Crippen molar-refractivity contribution >= 4 is 27.5 Å². The summed E-state index contributed by atoms with van der Waals surface area (Å²) < 4.78 is 1.01. The highest BCUT2D eigenvalue weighted by Crippen LogP contribution is 2.31. The molecule has 0 radical (unpaired) electrons. The van der Waals surface area contributed by atoms with E-state index in [0.29, 0.717) is 6.54 Å². The third-order valence-corrected chi connectivity index (χ3v) is 4.20. The molecule has 2 rings (SSSR count). The van der Waals surface area contributed by atoms with E-state index in [4.69, 9.17) is 17.3 Å². The largest absolute Gasteiger partial charge is 0.329 e. The van der Waals surface area contributed by atoms with Crippen LogP contribution >= 0.6 is 27.5 Å². The predicted molar refractivity (Wildman–Crippen MR) is 76.4 cm³/mol. The van der Waals surface area contributed by atoms with Gasteiger partial charge in [-0.05, 0) is 43.6 Å². The number of nitrogens with zero attached hydrogens (tertiary/aromatic N) is 1. The molecule has 0 aliphatic carbocycles. The second-order valence-electron chi connectivity index (χ2n) is 4.51. The van der Waals surface area contributed by atoms with Gasteiger partial charge >= 0.3 is 0 Å². The van der Waals surface area contributed by atoms with Crippen molar-refractivity contribution in [3.05, 3.63) is 33.3 Å². The van der Waals surface area contributed by atoms with Crippen molar-refractivity contribution in [1.82, 2.24) is 4.90 Å². The van der Waals surface area contributed by atoms with Gasteiger partial charge in [0.15, 0.2) is 0 Å². The second kappa shape index (κ2) is 6.19. The lowest BCUT2D eigenvalue weighted by Crippen LogP contribution is -2.37. The molecule has 4 heteroatoms. The van der Waals surface area contributed by atoms with Crippen molar-refractivity contribution in [2.75, 3.05) is 19.6 Å². The summed E-state index contributed by atoms with van der Waals surface area (Å²) >= 11 is 9.74. The molecule has 1 unspecified atom stereocenters. The summed E-state index contributed by atoms with van der Waals surface area (Å²) in [5, 5.41) is 0.806. The van der Waals surface area contributed by atoms with Crippen molar-refractivity contribution in [3.8, 4) is 0 Å². The van der Waals surface area contributed by atoms with Crippen LogP contribution in [0, 0.1) is 0 Å². The van der Waals surface area contributed by atoms with Gasteiger partial charge < -0.3 is 5.73 Å². The minimum absolute atomic E-state index is 0.260. The number of benzene rings is 1. The molecule has 1 atom stereocenters. The Bertz CT molecular complexity index is 378. The highest BCUT2D eigenvalue weighted by molar-refractivity contribution is 9.10. The van der Waals surface area contributed by atoms with E-state index in [2.05, 4.69) is 26.9 Å². The van der Waals surface area contributed by atoms with Gasteiger partial charge in [0.25, 0.3) is 0 Å². The molecule has 17 heavy (non-hydrogen) atoms. The Morgan fingerprint density at radius 2 is 2.00 bits per heavy atom. The number of piperidine rings is 1. The molecule has 2 nitrogen and oxygen atoms in total. The van der Waals surface area contributed by atoms with Crippen LogP contribution in [0.4, 0.5) is 0 Å². The molecule has 0 aromatic heterocycles. The topological polar surface area (TPSA) is 29.3 Å². The van der Waals surface area contributed by atoms with Gasteiger partial charge in [0.05, 0.1) is 0 Å². The van der Waals surface area contributed by atoms with Crippen LogP contribution in [0.25, 0.3) is 0 Å². The summed E-state index contributed by atoms with van der Waals surface area (Å²) in [5.41, 5.74) is 7.08. The van der Waals surface area contributed by atoms with Crippen LogP contribution in [0.5, 0.6) is 0 Å². The average molecular weight is 318 g/mol. The maximum absolute atomic E-state index is 6.31. The van der Waals surface area contributed by atoms with E-state index in [1.54, 1.807) is 0 Å². The fourth-order valence-electron chi connectivity index (χ4n) is 2.47. The molecule has 1 aromatic rings. The van der Waals surface area contributed by atoms with E-state index in [1.807, 2.05) is 12.1 Å². The first-order valence-corrected chi connectivity index (χ1v) is 7.28. The number of hydrogen-bond donors (Lipinski definition) is 1. The third kappa shape index (κ3) is 3.22. The zero-order valence-electron chi connectivity index (χ0n) is 9.83. The summed E-state index contributed by atoms with van der Waals surface area (Å²) in [5.74, 6) is 0. The molecule has 2 N–H and O–H groups in total. The first-order chi connectivity index (χ1) is 8.22. The Kier molecular flexibility index (Phi) is 4.86. The Morgan fingerprint density at radius 1 is 1.29 bits per heavy atom. The normalized spacial score (nSPS) is 19.2. The van der Waals surface area contributed by atoms with Crippen molar-refractivity contribution in [1.29, 1.82) is 0 Å². The third-order valence-electron chi connectivity index (χ3n) is 3.38. The fraction of sp³-hybridized carbons (Fsp3) is 0.538. The molecule has 1 heterocycles. The van der Waals surface area contributed by atoms with Crippen molar-refractivity contribution in [2.45, 2.75) is 25.3 Å². The first-order valence-electron chi connectivity index (χ1n) is 6.11. The predicted octanol–water partition coefficient (Wildman–Crippen LogP) is 3.59. The van der Waals surface area contributed by atoms with E-state index >= 15 is 0 Å². The lowest BCUT2D eigenvalue weighted by molar-refractivity contribution is 0.167. The second-order valence-corrected chi connectivity index (χ2v) is 5.84. The SMILES string of the molecule is NCC(c1ccc(Br)cc1Cl)N1CCCCC1. The summed E-state index contributed by atoms with van der Waals surface area (Å²) in [6.45, 7) is 2.89. The molecule has 0 bridgehead atoms. The maximum Gasteiger partial charge on any atom is 0.0485 e. The number of rotatable bonds is 3. The molecular formula is C13H18BrClN2. The van der Waals surface area contributed by atoms with E-state index in [1.165, 1.54) is 19.3 Å². The van der Waals surface area contributed by atoms with Crippen LogP contribution in [-0.2, 0) is 0 Å². The Labute approximate surface area is 116 Å². The molecule has 1 aromatic carbocycles. The zero-order chi connectivity index (χ0) is 12.3. The van der Waals surface area contributed by atoms with E-state index < -0.39 is 0 Å². The van der Waals surface area contributed by atoms with Gasteiger partial charge in [0.1, 0.15) is 0 Å². The van der Waals surface area contributed by atoms with Crippen LogP contribution < -0.4 is 5.73 Å². The van der Waals surface area contributed by atoms with Crippen LogP contribution in [0.3, 0.4) is 0 Å². The summed E-state index contributed by atoms with van der Waals surface area (Å²) in [4.78, 5) is 2.46. The smallest absolute Gasteiger partial charge is 0.0485 e. The standard InChI is InChI=1S/C13H18BrClN2/c14-10-4-5-11(12(15)8-10)13(9-16)17-6-2-1-3-7-17/h4-5,8,13H,1-3,6-7,9,16H2. The van der Waals surface area contributed by atoms with Gasteiger partial charge in [0.2, 0.25) is 0 Å². The van der Waals surface area contributed by atoms with Gasteiger partial charge in [-0.25, -0.2) is 0 Å². The molecule has 0 amide bonds. The van der Waals surface area contributed by atoms with Crippen molar-refractivity contribution in [2.24, 2.45) is 5.73 Å². The van der Waals surface area contributed by atoms with E-state index in [9.17, 15) is 0 Å². The maximum atomic E-state index is 6.31. The van der Waals surface area contributed by atoms with Gasteiger partial charge in [-0.2, -0.15) is 0 Å². The van der Waals surface area contributed by atoms with Crippen molar-refractivity contribution < 1.29 is 0 Å². The highest BCUT2D eigenvalue weighted by Gasteiger charge is 2.22. The molecular weight excluding hydrogens is 300 g/mol. The Balaban J connectivity index is 2.21. The fourth-order valence-corrected chi connectivity index (χ4v) is 3.27. The van der Waals surface area contributed by atoms with Crippen LogP contribution in [-0.4, -0.2) is 24.5 Å². The number of halogens is 2. The van der Waals surface area contributed by atoms with Crippen LogP contribution in [0.1, 0.15) is 30.9 Å². The molecule has 1 aliphatic heterocycles. The van der Waals surface area contributed by atoms with Crippen LogP contribution in [0.15, 0.2) is 22.7 Å². The lowest BCUT2D eigenvalue weighted by Gasteiger charge is -2.34. The van der Waals surface area contributed by atoms with E-state index in [0.717, 1.165) is 28.1 Å². The molecule has 0 saturated carbocycles. The van der Waals surface area contributed by atoms with E-state index in [-0.39, 0.29) is 6.04 Å². The summed E-state index contributed by atoms with van der Waals surface area (Å²) in [7, 11) is 0. The molecule has 1 aliphatic rings. The number of hydrogen-bond acceptors (Lipinski definition) is 2. The highest BCUT2D eigenvalue weighted by atomic mass is 79.9. The van der Waals surface area contributed by atoms with Gasteiger partial charge in [-0.1, -0.05) is 40.0 Å². The molecule has 0 spiro atoms. The van der Waals surface area contributed by atoms with Gasteiger partial charge in [-0.15, -0.1) is 0 Å².